The van der Waals surface area contributed by atoms with Crippen LogP contribution in [-0.4, -0.2) is 16.0 Å². The number of carbonyl (C=O) groups excluding carboxylic acids is 1. The molecule has 2 aromatic carbocycles. The maximum Gasteiger partial charge on any atom is 0.263 e. The van der Waals surface area contributed by atoms with Crippen LogP contribution in [0.25, 0.3) is 11.3 Å². The molecule has 0 spiro atoms. The van der Waals surface area contributed by atoms with Crippen molar-refractivity contribution in [2.45, 2.75) is 20.3 Å². The average Bonchev–Trinajstić information content (AvgIpc) is 3.26. The van der Waals surface area contributed by atoms with Crippen LogP contribution < -0.4 is 5.32 Å². The lowest BCUT2D eigenvalue weighted by Gasteiger charge is -2.03. The molecule has 1 amide bonds. The number of carbonyl (C=O) groups is 1. The van der Waals surface area contributed by atoms with Gasteiger partial charge < -0.3 is 4.52 Å². The molecular formula is C22H18FN3O2S. The fourth-order valence-corrected chi connectivity index (χ4v) is 4.03. The van der Waals surface area contributed by atoms with Crippen LogP contribution in [-0.2, 0) is 6.42 Å². The second kappa shape index (κ2) is 7.97. The minimum absolute atomic E-state index is 0.251. The largest absolute Gasteiger partial charge is 0.360 e. The molecule has 0 unspecified atom stereocenters. The van der Waals surface area contributed by atoms with Crippen LogP contribution in [0.15, 0.2) is 59.1 Å². The number of amides is 1. The van der Waals surface area contributed by atoms with Gasteiger partial charge in [-0.1, -0.05) is 53.7 Å². The van der Waals surface area contributed by atoms with Gasteiger partial charge >= 0.3 is 0 Å². The highest BCUT2D eigenvalue weighted by molar-refractivity contribution is 7.15. The van der Waals surface area contributed by atoms with Crippen LogP contribution in [0.3, 0.4) is 0 Å². The van der Waals surface area contributed by atoms with E-state index in [1.54, 1.807) is 25.1 Å². The van der Waals surface area contributed by atoms with Gasteiger partial charge in [-0.3, -0.25) is 10.1 Å². The number of thiazole rings is 1. The molecule has 0 aliphatic rings. The Balaban J connectivity index is 1.58. The summed E-state index contributed by atoms with van der Waals surface area (Å²) >= 11 is 1.34. The van der Waals surface area contributed by atoms with E-state index in [4.69, 9.17) is 4.52 Å². The zero-order valence-electron chi connectivity index (χ0n) is 15.9. The third-order valence-electron chi connectivity index (χ3n) is 4.56. The minimum Gasteiger partial charge on any atom is -0.360 e. The maximum absolute atomic E-state index is 14.0. The number of nitrogens with zero attached hydrogens (tertiary/aromatic N) is 2. The highest BCUT2D eigenvalue weighted by Crippen LogP contribution is 2.29. The van der Waals surface area contributed by atoms with E-state index in [0.717, 1.165) is 16.1 Å². The van der Waals surface area contributed by atoms with Gasteiger partial charge in [-0.2, -0.15) is 0 Å². The van der Waals surface area contributed by atoms with Crippen molar-refractivity contribution in [3.63, 3.8) is 0 Å². The summed E-state index contributed by atoms with van der Waals surface area (Å²) in [6.07, 6.45) is 0.424. The van der Waals surface area contributed by atoms with E-state index in [-0.39, 0.29) is 11.7 Å². The Bertz CT molecular complexity index is 1170. The molecule has 0 aliphatic carbocycles. The summed E-state index contributed by atoms with van der Waals surface area (Å²) in [6, 6.07) is 16.0. The van der Waals surface area contributed by atoms with E-state index in [1.165, 1.54) is 17.4 Å². The number of nitrogens with one attached hydrogen (secondary N) is 1. The zero-order chi connectivity index (χ0) is 20.4. The number of aryl methyl sites for hydroxylation is 2. The van der Waals surface area contributed by atoms with E-state index in [1.807, 2.05) is 37.3 Å². The molecule has 4 rings (SSSR count). The molecule has 7 heteroatoms. The lowest BCUT2D eigenvalue weighted by molar-refractivity contribution is 0.102. The Morgan fingerprint density at radius 1 is 1.10 bits per heavy atom. The summed E-state index contributed by atoms with van der Waals surface area (Å²) in [5.41, 5.74) is 3.02. The Morgan fingerprint density at radius 2 is 1.83 bits per heavy atom. The summed E-state index contributed by atoms with van der Waals surface area (Å²) in [5.74, 6) is -0.159. The molecular weight excluding hydrogens is 389 g/mol. The van der Waals surface area contributed by atoms with Crippen molar-refractivity contribution in [2.75, 3.05) is 5.32 Å². The number of benzene rings is 2. The predicted octanol–water partition coefficient (Wildman–Crippen LogP) is 5.40. The summed E-state index contributed by atoms with van der Waals surface area (Å²) in [6.45, 7) is 3.55. The number of hydrogen-bond donors (Lipinski definition) is 1. The highest BCUT2D eigenvalue weighted by atomic mass is 32.1. The predicted molar refractivity (Wildman–Crippen MR) is 111 cm³/mol. The van der Waals surface area contributed by atoms with Gasteiger partial charge in [-0.05, 0) is 25.5 Å². The number of hydrogen-bond acceptors (Lipinski definition) is 5. The molecule has 0 saturated carbocycles. The molecule has 0 bridgehead atoms. The summed E-state index contributed by atoms with van der Waals surface area (Å²) < 4.78 is 19.2. The second-order valence-electron chi connectivity index (χ2n) is 6.58. The minimum atomic E-state index is -0.339. The van der Waals surface area contributed by atoms with Crippen LogP contribution in [0.2, 0.25) is 0 Å². The molecule has 0 aliphatic heterocycles. The van der Waals surface area contributed by atoms with Gasteiger partial charge in [0, 0.05) is 16.9 Å². The van der Waals surface area contributed by atoms with E-state index < -0.39 is 0 Å². The third kappa shape index (κ3) is 3.95. The zero-order valence-corrected chi connectivity index (χ0v) is 16.7. The quantitative estimate of drug-likeness (QED) is 0.481. The standard InChI is InChI=1S/C22H18FN3O2S/c1-13-18(12-16-10-6-7-11-17(16)23)29-22(24-13)25-21(27)19-14(2)28-26-20(19)15-8-4-3-5-9-15/h3-11H,12H2,1-2H3,(H,24,25,27). The molecule has 0 radical (unpaired) electrons. The fourth-order valence-electron chi connectivity index (χ4n) is 3.05. The molecule has 0 saturated heterocycles. The SMILES string of the molecule is Cc1nc(NC(=O)c2c(-c3ccccc3)noc2C)sc1Cc1ccccc1F. The molecule has 0 atom stereocenters. The summed E-state index contributed by atoms with van der Waals surface area (Å²) in [4.78, 5) is 18.2. The number of rotatable bonds is 5. The maximum atomic E-state index is 14.0. The van der Waals surface area contributed by atoms with E-state index in [0.29, 0.717) is 34.1 Å². The fraction of sp³-hybridized carbons (Fsp3) is 0.136. The van der Waals surface area contributed by atoms with Gasteiger partial charge in [0.1, 0.15) is 22.8 Å². The third-order valence-corrected chi connectivity index (χ3v) is 5.63. The van der Waals surface area contributed by atoms with Gasteiger partial charge in [0.05, 0.1) is 5.69 Å². The van der Waals surface area contributed by atoms with Crippen molar-refractivity contribution >= 4 is 22.4 Å². The smallest absolute Gasteiger partial charge is 0.263 e. The van der Waals surface area contributed by atoms with Crippen LogP contribution >= 0.6 is 11.3 Å². The summed E-state index contributed by atoms with van der Waals surface area (Å²) in [7, 11) is 0. The van der Waals surface area contributed by atoms with E-state index in [2.05, 4.69) is 15.5 Å². The lowest BCUT2D eigenvalue weighted by atomic mass is 10.1. The van der Waals surface area contributed by atoms with Crippen molar-refractivity contribution in [2.24, 2.45) is 0 Å². The Labute approximate surface area is 171 Å². The normalized spacial score (nSPS) is 10.9. The highest BCUT2D eigenvalue weighted by Gasteiger charge is 2.23. The number of aromatic nitrogens is 2. The molecule has 146 valence electrons. The monoisotopic (exact) mass is 407 g/mol. The van der Waals surface area contributed by atoms with Crippen LogP contribution in [0.4, 0.5) is 9.52 Å². The molecule has 4 aromatic rings. The Kier molecular flexibility index (Phi) is 5.22. The van der Waals surface area contributed by atoms with Crippen molar-refractivity contribution < 1.29 is 13.7 Å². The van der Waals surface area contributed by atoms with Gasteiger partial charge in [0.15, 0.2) is 5.13 Å². The Morgan fingerprint density at radius 3 is 2.59 bits per heavy atom. The van der Waals surface area contributed by atoms with Gasteiger partial charge in [0.25, 0.3) is 5.91 Å². The molecule has 2 heterocycles. The second-order valence-corrected chi connectivity index (χ2v) is 7.66. The van der Waals surface area contributed by atoms with Gasteiger partial charge in [-0.25, -0.2) is 9.37 Å². The molecule has 29 heavy (non-hydrogen) atoms. The molecule has 1 N–H and O–H groups in total. The Hall–Kier alpha value is -3.32. The van der Waals surface area contributed by atoms with Crippen molar-refractivity contribution in [1.29, 1.82) is 0 Å². The lowest BCUT2D eigenvalue weighted by Crippen LogP contribution is -2.13. The molecule has 0 fully saturated rings. The van der Waals surface area contributed by atoms with Crippen molar-refractivity contribution in [1.82, 2.24) is 10.1 Å². The van der Waals surface area contributed by atoms with Gasteiger partial charge in [0.2, 0.25) is 0 Å². The number of anilines is 1. The topological polar surface area (TPSA) is 68.0 Å². The van der Waals surface area contributed by atoms with Crippen LogP contribution in [0, 0.1) is 19.7 Å². The summed E-state index contributed by atoms with van der Waals surface area (Å²) in [5, 5.41) is 7.33. The van der Waals surface area contributed by atoms with Crippen molar-refractivity contribution in [3.05, 3.63) is 87.9 Å². The first-order chi connectivity index (χ1) is 14.0. The molecule has 5 nitrogen and oxygen atoms in total. The van der Waals surface area contributed by atoms with Crippen LogP contribution in [0.5, 0.6) is 0 Å². The van der Waals surface area contributed by atoms with Gasteiger partial charge in [-0.15, -0.1) is 11.3 Å². The first-order valence-electron chi connectivity index (χ1n) is 9.05. The molecule has 2 aromatic heterocycles. The van der Waals surface area contributed by atoms with Crippen molar-refractivity contribution in [3.8, 4) is 11.3 Å². The van der Waals surface area contributed by atoms with E-state index in [9.17, 15) is 9.18 Å². The van der Waals surface area contributed by atoms with Crippen LogP contribution in [0.1, 0.15) is 32.3 Å². The average molecular weight is 407 g/mol. The first-order valence-corrected chi connectivity index (χ1v) is 9.87. The number of halogens is 1. The van der Waals surface area contributed by atoms with E-state index >= 15 is 0 Å². The first kappa shape index (κ1) is 19.0.